The molecule has 1 rings (SSSR count). The second-order valence-electron chi connectivity index (χ2n) is 7.92. The highest BCUT2D eigenvalue weighted by Gasteiger charge is 2.28. The summed E-state index contributed by atoms with van der Waals surface area (Å²) in [6, 6.07) is -0.0727. The smallest absolute Gasteiger partial charge is 0.221 e. The maximum absolute atomic E-state index is 12.0. The van der Waals surface area contributed by atoms with Crippen LogP contribution in [0.25, 0.3) is 0 Å². The number of amides is 1. The van der Waals surface area contributed by atoms with Crippen molar-refractivity contribution in [2.45, 2.75) is 59.0 Å². The zero-order valence-electron chi connectivity index (χ0n) is 14.4. The summed E-state index contributed by atoms with van der Waals surface area (Å²) in [5.74, 6) is 0.0492. The lowest BCUT2D eigenvalue weighted by Crippen LogP contribution is -2.55. The molecule has 1 saturated heterocycles. The van der Waals surface area contributed by atoms with E-state index in [-0.39, 0.29) is 22.9 Å². The first-order chi connectivity index (χ1) is 9.60. The van der Waals surface area contributed by atoms with E-state index in [1.54, 1.807) is 0 Å². The molecular weight excluding hydrogens is 266 g/mol. The monoisotopic (exact) mass is 299 g/mol. The van der Waals surface area contributed by atoms with Gasteiger partial charge in [0.15, 0.2) is 0 Å². The number of hydrogen-bond acceptors (Lipinski definition) is 4. The van der Waals surface area contributed by atoms with Crippen LogP contribution >= 0.6 is 0 Å². The average Bonchev–Trinajstić information content (AvgIpc) is 2.35. The van der Waals surface area contributed by atoms with Gasteiger partial charge in [0, 0.05) is 37.6 Å². The van der Waals surface area contributed by atoms with Crippen LogP contribution in [-0.4, -0.2) is 55.2 Å². The number of hydrogen-bond donors (Lipinski definition) is 2. The molecule has 0 aromatic carbocycles. The summed E-state index contributed by atoms with van der Waals surface area (Å²) in [4.78, 5) is 14.4. The fourth-order valence-corrected chi connectivity index (χ4v) is 2.76. The fraction of sp³-hybridized carbons (Fsp3) is 0.938. The maximum atomic E-state index is 12.0. The van der Waals surface area contributed by atoms with Gasteiger partial charge in [0.1, 0.15) is 0 Å². The van der Waals surface area contributed by atoms with Gasteiger partial charge < -0.3 is 15.8 Å². The van der Waals surface area contributed by atoms with Crippen molar-refractivity contribution in [2.24, 2.45) is 11.1 Å². The normalized spacial score (nSPS) is 19.3. The molecule has 0 saturated carbocycles. The Morgan fingerprint density at radius 1 is 1.24 bits per heavy atom. The van der Waals surface area contributed by atoms with Gasteiger partial charge in [-0.1, -0.05) is 20.8 Å². The van der Waals surface area contributed by atoms with E-state index in [1.165, 1.54) is 0 Å². The van der Waals surface area contributed by atoms with Crippen LogP contribution in [0.3, 0.4) is 0 Å². The van der Waals surface area contributed by atoms with Crippen molar-refractivity contribution in [3.05, 3.63) is 0 Å². The van der Waals surface area contributed by atoms with Gasteiger partial charge in [0.05, 0.1) is 13.2 Å². The van der Waals surface area contributed by atoms with Crippen molar-refractivity contribution in [2.75, 3.05) is 32.8 Å². The topological polar surface area (TPSA) is 67.6 Å². The predicted molar refractivity (Wildman–Crippen MR) is 86.1 cm³/mol. The van der Waals surface area contributed by atoms with Gasteiger partial charge in [-0.3, -0.25) is 9.69 Å². The van der Waals surface area contributed by atoms with Crippen LogP contribution in [0.15, 0.2) is 0 Å². The molecule has 0 radical (unpaired) electrons. The van der Waals surface area contributed by atoms with Crippen molar-refractivity contribution in [3.63, 3.8) is 0 Å². The largest absolute Gasteiger partial charge is 0.379 e. The summed E-state index contributed by atoms with van der Waals surface area (Å²) in [6.45, 7) is 14.8. The summed E-state index contributed by atoms with van der Waals surface area (Å²) >= 11 is 0. The Hall–Kier alpha value is -0.650. The highest BCUT2D eigenvalue weighted by Crippen LogP contribution is 2.21. The van der Waals surface area contributed by atoms with Crippen molar-refractivity contribution in [3.8, 4) is 0 Å². The van der Waals surface area contributed by atoms with E-state index in [1.807, 2.05) is 0 Å². The summed E-state index contributed by atoms with van der Waals surface area (Å²) in [5.41, 5.74) is 6.17. The lowest BCUT2D eigenvalue weighted by atomic mass is 9.87. The van der Waals surface area contributed by atoms with Crippen molar-refractivity contribution in [1.29, 1.82) is 0 Å². The number of nitrogens with zero attached hydrogens (tertiary/aromatic N) is 1. The standard InChI is InChI=1S/C16H33N3O2/c1-15(2,3)11-13(17)10-14(20)18-12-16(4,5)19-6-8-21-9-7-19/h13H,6-12,17H2,1-5H3,(H,18,20). The Morgan fingerprint density at radius 2 is 1.81 bits per heavy atom. The molecule has 124 valence electrons. The van der Waals surface area contributed by atoms with E-state index >= 15 is 0 Å². The second kappa shape index (κ2) is 7.56. The summed E-state index contributed by atoms with van der Waals surface area (Å²) in [5, 5.41) is 3.04. The van der Waals surface area contributed by atoms with Gasteiger partial charge in [0.2, 0.25) is 5.91 Å². The Morgan fingerprint density at radius 3 is 2.33 bits per heavy atom. The number of carbonyl (C=O) groups excluding carboxylic acids is 1. The van der Waals surface area contributed by atoms with Crippen LogP contribution in [0, 0.1) is 5.41 Å². The van der Waals surface area contributed by atoms with E-state index in [4.69, 9.17) is 10.5 Å². The molecule has 1 unspecified atom stereocenters. The van der Waals surface area contributed by atoms with Gasteiger partial charge in [-0.15, -0.1) is 0 Å². The van der Waals surface area contributed by atoms with Gasteiger partial charge in [0.25, 0.3) is 0 Å². The molecular formula is C16H33N3O2. The molecule has 1 fully saturated rings. The first-order valence-corrected chi connectivity index (χ1v) is 7.95. The molecule has 1 atom stereocenters. The summed E-state index contributed by atoms with van der Waals surface area (Å²) in [6.07, 6.45) is 1.25. The Bertz CT molecular complexity index is 331. The predicted octanol–water partition coefficient (Wildman–Crippen LogP) is 1.37. The van der Waals surface area contributed by atoms with Crippen LogP contribution < -0.4 is 11.1 Å². The molecule has 0 bridgehead atoms. The molecule has 21 heavy (non-hydrogen) atoms. The van der Waals surface area contributed by atoms with E-state index in [0.29, 0.717) is 13.0 Å². The number of nitrogens with one attached hydrogen (secondary N) is 1. The molecule has 1 aliphatic heterocycles. The minimum absolute atomic E-state index is 0.0481. The zero-order valence-corrected chi connectivity index (χ0v) is 14.4. The minimum Gasteiger partial charge on any atom is -0.379 e. The van der Waals surface area contributed by atoms with Gasteiger partial charge >= 0.3 is 0 Å². The third kappa shape index (κ3) is 7.25. The second-order valence-corrected chi connectivity index (χ2v) is 7.92. The van der Waals surface area contributed by atoms with Crippen molar-refractivity contribution < 1.29 is 9.53 Å². The molecule has 0 spiro atoms. The lowest BCUT2D eigenvalue weighted by Gasteiger charge is -2.40. The average molecular weight is 299 g/mol. The lowest BCUT2D eigenvalue weighted by molar-refractivity contribution is -0.122. The van der Waals surface area contributed by atoms with Gasteiger partial charge in [-0.25, -0.2) is 0 Å². The molecule has 1 aliphatic rings. The van der Waals surface area contributed by atoms with Crippen LogP contribution in [-0.2, 0) is 9.53 Å². The summed E-state index contributed by atoms with van der Waals surface area (Å²) < 4.78 is 5.37. The first kappa shape index (κ1) is 18.4. The Balaban J connectivity index is 2.34. The summed E-state index contributed by atoms with van der Waals surface area (Å²) in [7, 11) is 0. The third-order valence-corrected chi connectivity index (χ3v) is 3.91. The number of carbonyl (C=O) groups is 1. The highest BCUT2D eigenvalue weighted by atomic mass is 16.5. The molecule has 3 N–H and O–H groups in total. The fourth-order valence-electron chi connectivity index (χ4n) is 2.76. The molecule has 0 aliphatic carbocycles. The molecule has 0 aromatic heterocycles. The zero-order chi connectivity index (χ0) is 16.1. The van der Waals surface area contributed by atoms with Crippen LogP contribution in [0.1, 0.15) is 47.5 Å². The first-order valence-electron chi connectivity index (χ1n) is 7.95. The van der Waals surface area contributed by atoms with Crippen molar-refractivity contribution in [1.82, 2.24) is 10.2 Å². The van der Waals surface area contributed by atoms with E-state index in [0.717, 1.165) is 32.7 Å². The highest BCUT2D eigenvalue weighted by molar-refractivity contribution is 5.76. The molecule has 5 heteroatoms. The molecule has 1 heterocycles. The quantitative estimate of drug-likeness (QED) is 0.777. The Kier molecular flexibility index (Phi) is 6.63. The van der Waals surface area contributed by atoms with Crippen LogP contribution in [0.5, 0.6) is 0 Å². The maximum Gasteiger partial charge on any atom is 0.221 e. The van der Waals surface area contributed by atoms with E-state index in [9.17, 15) is 4.79 Å². The van der Waals surface area contributed by atoms with Crippen LogP contribution in [0.4, 0.5) is 0 Å². The van der Waals surface area contributed by atoms with Crippen molar-refractivity contribution >= 4 is 5.91 Å². The molecule has 0 aromatic rings. The van der Waals surface area contributed by atoms with E-state index in [2.05, 4.69) is 44.8 Å². The van der Waals surface area contributed by atoms with Crippen LogP contribution in [0.2, 0.25) is 0 Å². The van der Waals surface area contributed by atoms with Gasteiger partial charge in [-0.05, 0) is 25.7 Å². The van der Waals surface area contributed by atoms with E-state index < -0.39 is 0 Å². The minimum atomic E-state index is -0.0727. The SMILES string of the molecule is CC(C)(C)CC(N)CC(=O)NCC(C)(C)N1CCOCC1. The number of morpholine rings is 1. The third-order valence-electron chi connectivity index (χ3n) is 3.91. The Labute approximate surface area is 129 Å². The number of nitrogens with two attached hydrogens (primary N) is 1. The molecule has 5 nitrogen and oxygen atoms in total. The van der Waals surface area contributed by atoms with Gasteiger partial charge in [-0.2, -0.15) is 0 Å². The molecule has 1 amide bonds. The number of rotatable bonds is 6. The number of ether oxygens (including phenoxy) is 1.